The molecule has 0 radical (unpaired) electrons. The van der Waals surface area contributed by atoms with E-state index in [1.54, 1.807) is 29.3 Å². The molecule has 158 valence electrons. The van der Waals surface area contributed by atoms with E-state index in [4.69, 9.17) is 0 Å². The monoisotopic (exact) mass is 413 g/mol. The second-order valence-corrected chi connectivity index (χ2v) is 7.88. The van der Waals surface area contributed by atoms with Crippen LogP contribution in [0.2, 0.25) is 0 Å². The lowest BCUT2D eigenvalue weighted by Crippen LogP contribution is -2.47. The third kappa shape index (κ3) is 5.00. The second kappa shape index (κ2) is 10.0. The fourth-order valence-corrected chi connectivity index (χ4v) is 4.16. The van der Waals surface area contributed by atoms with E-state index in [-0.39, 0.29) is 17.9 Å². The van der Waals surface area contributed by atoms with Crippen molar-refractivity contribution in [3.63, 3.8) is 0 Å². The highest BCUT2D eigenvalue weighted by molar-refractivity contribution is 6.09. The maximum Gasteiger partial charge on any atom is 0.277 e. The first-order valence-corrected chi connectivity index (χ1v) is 10.9. The third-order valence-electron chi connectivity index (χ3n) is 5.71. The quantitative estimate of drug-likeness (QED) is 0.624. The van der Waals surface area contributed by atoms with Crippen LogP contribution in [0.4, 0.5) is 5.69 Å². The third-order valence-corrected chi connectivity index (χ3v) is 5.71. The zero-order chi connectivity index (χ0) is 21.5. The lowest BCUT2D eigenvalue weighted by molar-refractivity contribution is -0.123. The van der Waals surface area contributed by atoms with Crippen LogP contribution in [0, 0.1) is 0 Å². The van der Waals surface area contributed by atoms with Gasteiger partial charge in [-0.05, 0) is 42.7 Å². The van der Waals surface area contributed by atoms with Gasteiger partial charge in [0.2, 0.25) is 5.91 Å². The second-order valence-electron chi connectivity index (χ2n) is 7.88. The Morgan fingerprint density at radius 3 is 2.13 bits per heavy atom. The summed E-state index contributed by atoms with van der Waals surface area (Å²) in [5, 5.41) is 3.22. The summed E-state index contributed by atoms with van der Waals surface area (Å²) in [6, 6.07) is 23.4. The molecule has 0 spiro atoms. The van der Waals surface area contributed by atoms with Crippen molar-refractivity contribution in [3.8, 4) is 0 Å². The SMILES string of the molecule is O=C(NC1CCCCC1)[C@H](c1ccccc1)N(C(=O)c1ccccn1)c1ccccc1. The van der Waals surface area contributed by atoms with Crippen LogP contribution in [-0.4, -0.2) is 22.8 Å². The number of nitrogens with one attached hydrogen (secondary N) is 1. The van der Waals surface area contributed by atoms with Gasteiger partial charge in [0.1, 0.15) is 11.7 Å². The van der Waals surface area contributed by atoms with Crippen LogP contribution in [-0.2, 0) is 4.79 Å². The van der Waals surface area contributed by atoms with E-state index in [2.05, 4.69) is 10.3 Å². The molecule has 1 aliphatic rings. The van der Waals surface area contributed by atoms with Crippen LogP contribution in [0.1, 0.15) is 54.2 Å². The van der Waals surface area contributed by atoms with Gasteiger partial charge in [-0.25, -0.2) is 0 Å². The molecule has 0 bridgehead atoms. The minimum atomic E-state index is -0.792. The first-order valence-electron chi connectivity index (χ1n) is 10.9. The van der Waals surface area contributed by atoms with Gasteiger partial charge < -0.3 is 5.32 Å². The first kappa shape index (κ1) is 20.8. The number of hydrogen-bond donors (Lipinski definition) is 1. The normalized spacial score (nSPS) is 15.1. The van der Waals surface area contributed by atoms with Crippen molar-refractivity contribution in [2.45, 2.75) is 44.2 Å². The molecule has 1 fully saturated rings. The average molecular weight is 414 g/mol. The number of carbonyl (C=O) groups is 2. The highest BCUT2D eigenvalue weighted by Gasteiger charge is 2.34. The molecule has 0 saturated heterocycles. The van der Waals surface area contributed by atoms with E-state index < -0.39 is 6.04 Å². The van der Waals surface area contributed by atoms with E-state index in [0.29, 0.717) is 11.4 Å². The van der Waals surface area contributed by atoms with Gasteiger partial charge in [-0.3, -0.25) is 19.5 Å². The predicted octanol–water partition coefficient (Wildman–Crippen LogP) is 4.92. The lowest BCUT2D eigenvalue weighted by Gasteiger charge is -2.33. The number of nitrogens with zero attached hydrogens (tertiary/aromatic N) is 2. The maximum atomic E-state index is 13.6. The Labute approximate surface area is 183 Å². The number of anilines is 1. The smallest absolute Gasteiger partial charge is 0.277 e. The molecule has 1 saturated carbocycles. The summed E-state index contributed by atoms with van der Waals surface area (Å²) in [5.41, 5.74) is 1.73. The van der Waals surface area contributed by atoms with Crippen LogP contribution in [0.5, 0.6) is 0 Å². The molecule has 3 aromatic rings. The number of carbonyl (C=O) groups excluding carboxylic acids is 2. The standard InChI is InChI=1S/C26H27N3O2/c30-25(28-21-14-6-2-7-15-21)24(20-12-4-1-5-13-20)29(22-16-8-3-9-17-22)26(31)23-18-10-11-19-27-23/h1,3-5,8-13,16-19,21,24H,2,6-7,14-15H2,(H,28,30)/t24-/m0/s1. The highest BCUT2D eigenvalue weighted by atomic mass is 16.2. The molecule has 1 atom stereocenters. The fourth-order valence-electron chi connectivity index (χ4n) is 4.16. The summed E-state index contributed by atoms with van der Waals surface area (Å²) in [6.07, 6.45) is 7.00. The largest absolute Gasteiger partial charge is 0.351 e. The predicted molar refractivity (Wildman–Crippen MR) is 122 cm³/mol. The van der Waals surface area contributed by atoms with Crippen LogP contribution in [0.25, 0.3) is 0 Å². The summed E-state index contributed by atoms with van der Waals surface area (Å²) in [5.74, 6) is -0.467. The number of aromatic nitrogens is 1. The molecule has 1 heterocycles. The van der Waals surface area contributed by atoms with Crippen molar-refractivity contribution in [2.75, 3.05) is 4.90 Å². The van der Waals surface area contributed by atoms with E-state index >= 15 is 0 Å². The zero-order valence-electron chi connectivity index (χ0n) is 17.5. The van der Waals surface area contributed by atoms with Crippen LogP contribution >= 0.6 is 0 Å². The molecule has 5 heteroatoms. The van der Waals surface area contributed by atoms with Gasteiger partial charge in [-0.1, -0.05) is 73.9 Å². The van der Waals surface area contributed by atoms with Crippen LogP contribution in [0.15, 0.2) is 85.1 Å². The number of benzene rings is 2. The number of rotatable bonds is 6. The average Bonchev–Trinajstić information content (AvgIpc) is 2.84. The zero-order valence-corrected chi connectivity index (χ0v) is 17.5. The summed E-state index contributed by atoms with van der Waals surface area (Å²) < 4.78 is 0. The topological polar surface area (TPSA) is 62.3 Å². The molecule has 0 unspecified atom stereocenters. The van der Waals surface area contributed by atoms with E-state index in [0.717, 1.165) is 31.2 Å². The van der Waals surface area contributed by atoms with E-state index in [1.807, 2.05) is 60.7 Å². The Morgan fingerprint density at radius 2 is 1.48 bits per heavy atom. The minimum absolute atomic E-state index is 0.148. The summed E-state index contributed by atoms with van der Waals surface area (Å²) >= 11 is 0. The molecule has 2 aromatic carbocycles. The van der Waals surface area contributed by atoms with Gasteiger partial charge in [0, 0.05) is 17.9 Å². The maximum absolute atomic E-state index is 13.6. The molecular formula is C26H27N3O2. The van der Waals surface area contributed by atoms with E-state index in [1.165, 1.54) is 6.42 Å². The summed E-state index contributed by atoms with van der Waals surface area (Å²) in [4.78, 5) is 33.1. The van der Waals surface area contributed by atoms with Gasteiger partial charge in [0.25, 0.3) is 5.91 Å². The van der Waals surface area contributed by atoms with Gasteiger partial charge >= 0.3 is 0 Å². The van der Waals surface area contributed by atoms with Crippen molar-refractivity contribution in [1.29, 1.82) is 0 Å². The minimum Gasteiger partial charge on any atom is -0.351 e. The van der Waals surface area contributed by atoms with Gasteiger partial charge in [0.05, 0.1) is 0 Å². The Morgan fingerprint density at radius 1 is 0.839 bits per heavy atom. The van der Waals surface area contributed by atoms with Crippen LogP contribution < -0.4 is 10.2 Å². The fraction of sp³-hybridized carbons (Fsp3) is 0.269. The Bertz CT molecular complexity index is 987. The molecule has 1 aliphatic carbocycles. The lowest BCUT2D eigenvalue weighted by atomic mass is 9.94. The molecule has 0 aliphatic heterocycles. The highest BCUT2D eigenvalue weighted by Crippen LogP contribution is 2.30. The van der Waals surface area contributed by atoms with E-state index in [9.17, 15) is 9.59 Å². The Kier molecular flexibility index (Phi) is 6.72. The van der Waals surface area contributed by atoms with Crippen molar-refractivity contribution >= 4 is 17.5 Å². The first-order chi connectivity index (χ1) is 15.2. The number of amides is 2. The molecule has 31 heavy (non-hydrogen) atoms. The summed E-state index contributed by atoms with van der Waals surface area (Å²) in [7, 11) is 0. The Hall–Kier alpha value is -3.47. The molecule has 1 aromatic heterocycles. The number of hydrogen-bond acceptors (Lipinski definition) is 3. The van der Waals surface area contributed by atoms with Crippen LogP contribution in [0.3, 0.4) is 0 Å². The van der Waals surface area contributed by atoms with Gasteiger partial charge in [0.15, 0.2) is 0 Å². The van der Waals surface area contributed by atoms with Gasteiger partial charge in [-0.15, -0.1) is 0 Å². The Balaban J connectivity index is 1.76. The van der Waals surface area contributed by atoms with Crippen molar-refractivity contribution in [1.82, 2.24) is 10.3 Å². The van der Waals surface area contributed by atoms with Gasteiger partial charge in [-0.2, -0.15) is 0 Å². The number of pyridine rings is 1. The van der Waals surface area contributed by atoms with Crippen molar-refractivity contribution in [2.24, 2.45) is 0 Å². The molecule has 5 nitrogen and oxygen atoms in total. The molecule has 2 amide bonds. The molecular weight excluding hydrogens is 386 g/mol. The summed E-state index contributed by atoms with van der Waals surface area (Å²) in [6.45, 7) is 0. The van der Waals surface area contributed by atoms with Crippen molar-refractivity contribution < 1.29 is 9.59 Å². The number of para-hydroxylation sites is 1. The molecule has 4 rings (SSSR count). The van der Waals surface area contributed by atoms with Crippen molar-refractivity contribution in [3.05, 3.63) is 96.3 Å². The molecule has 1 N–H and O–H groups in total.